The number of nitrogens with one attached hydrogen (secondary N) is 2. The first-order valence-electron chi connectivity index (χ1n) is 7.80. The maximum Gasteiger partial charge on any atom is 0.251 e. The van der Waals surface area contributed by atoms with Gasteiger partial charge in [-0.1, -0.05) is 26.3 Å². The molecule has 5 heteroatoms. The molecule has 1 aliphatic rings. The summed E-state index contributed by atoms with van der Waals surface area (Å²) < 4.78 is 0. The lowest BCUT2D eigenvalue weighted by Gasteiger charge is -2.30. The van der Waals surface area contributed by atoms with Crippen LogP contribution in [-0.4, -0.2) is 29.6 Å². The van der Waals surface area contributed by atoms with E-state index in [1.54, 1.807) is 31.2 Å². The smallest absolute Gasteiger partial charge is 0.251 e. The molecule has 2 atom stereocenters. The van der Waals surface area contributed by atoms with Gasteiger partial charge in [0.05, 0.1) is 6.61 Å². The maximum absolute atomic E-state index is 12.4. The van der Waals surface area contributed by atoms with Crippen molar-refractivity contribution in [3.8, 4) is 0 Å². The van der Waals surface area contributed by atoms with Gasteiger partial charge in [0, 0.05) is 29.1 Å². The molecule has 0 saturated heterocycles. The van der Waals surface area contributed by atoms with Crippen molar-refractivity contribution in [2.45, 2.75) is 45.6 Å². The van der Waals surface area contributed by atoms with Gasteiger partial charge in [0.25, 0.3) is 5.91 Å². The van der Waals surface area contributed by atoms with Crippen LogP contribution in [0.1, 0.15) is 49.9 Å². The third-order valence-electron chi connectivity index (χ3n) is 4.48. The van der Waals surface area contributed by atoms with Crippen LogP contribution in [0, 0.1) is 5.41 Å². The fourth-order valence-electron chi connectivity index (χ4n) is 2.90. The van der Waals surface area contributed by atoms with E-state index in [4.69, 9.17) is 0 Å². The molecule has 1 fully saturated rings. The summed E-state index contributed by atoms with van der Waals surface area (Å²) in [7, 11) is 0. The molecule has 120 valence electrons. The Morgan fingerprint density at radius 3 is 2.86 bits per heavy atom. The topological polar surface area (TPSA) is 78.4 Å². The number of aliphatic hydroxyl groups excluding tert-OH is 1. The average molecular weight is 304 g/mol. The number of benzene rings is 1. The van der Waals surface area contributed by atoms with E-state index < -0.39 is 0 Å². The number of carbonyl (C=O) groups is 2. The zero-order valence-corrected chi connectivity index (χ0v) is 13.2. The summed E-state index contributed by atoms with van der Waals surface area (Å²) in [5.41, 5.74) is 0.890. The van der Waals surface area contributed by atoms with Gasteiger partial charge in [-0.2, -0.15) is 0 Å². The molecular weight excluding hydrogens is 280 g/mol. The van der Waals surface area contributed by atoms with E-state index in [1.165, 1.54) is 0 Å². The number of hydrogen-bond donors (Lipinski definition) is 3. The standard InChI is InChI=1S/C17H24N2O3/c1-3-15(21)18-13-7-4-6-12(10-13)16(22)19-14-8-5-9-17(14,2)11-20/h4,6-7,10,14,20H,3,5,8-9,11H2,1-2H3,(H,18,21)(H,19,22). The summed E-state index contributed by atoms with van der Waals surface area (Å²) in [5, 5.41) is 15.3. The van der Waals surface area contributed by atoms with E-state index in [0.717, 1.165) is 19.3 Å². The van der Waals surface area contributed by atoms with Crippen LogP contribution in [0.2, 0.25) is 0 Å². The zero-order chi connectivity index (χ0) is 16.2. The molecule has 0 spiro atoms. The molecule has 1 aromatic carbocycles. The highest BCUT2D eigenvalue weighted by Crippen LogP contribution is 2.37. The molecule has 1 aliphatic carbocycles. The Bertz CT molecular complexity index is 559. The predicted molar refractivity (Wildman–Crippen MR) is 85.7 cm³/mol. The van der Waals surface area contributed by atoms with Crippen molar-refractivity contribution in [2.24, 2.45) is 5.41 Å². The van der Waals surface area contributed by atoms with Gasteiger partial charge < -0.3 is 15.7 Å². The second-order valence-electron chi connectivity index (χ2n) is 6.21. The Kier molecular flexibility index (Phi) is 5.19. The first-order valence-corrected chi connectivity index (χ1v) is 7.80. The quantitative estimate of drug-likeness (QED) is 0.781. The van der Waals surface area contributed by atoms with E-state index in [2.05, 4.69) is 10.6 Å². The Morgan fingerprint density at radius 1 is 1.41 bits per heavy atom. The Balaban J connectivity index is 2.06. The van der Waals surface area contributed by atoms with Gasteiger partial charge in [0.2, 0.25) is 5.91 Å². The third-order valence-corrected chi connectivity index (χ3v) is 4.48. The maximum atomic E-state index is 12.4. The largest absolute Gasteiger partial charge is 0.396 e. The third kappa shape index (κ3) is 3.65. The number of rotatable bonds is 5. The van der Waals surface area contributed by atoms with Gasteiger partial charge in [0.1, 0.15) is 0 Å². The van der Waals surface area contributed by atoms with Gasteiger partial charge in [-0.15, -0.1) is 0 Å². The average Bonchev–Trinajstić information content (AvgIpc) is 2.89. The number of anilines is 1. The Hall–Kier alpha value is -1.88. The molecule has 1 saturated carbocycles. The first kappa shape index (κ1) is 16.5. The normalized spacial score (nSPS) is 24.0. The Labute approximate surface area is 131 Å². The van der Waals surface area contributed by atoms with Crippen LogP contribution in [0.5, 0.6) is 0 Å². The van der Waals surface area contributed by atoms with Crippen molar-refractivity contribution in [3.05, 3.63) is 29.8 Å². The summed E-state index contributed by atoms with van der Waals surface area (Å²) >= 11 is 0. The molecule has 0 radical (unpaired) electrons. The highest BCUT2D eigenvalue weighted by Gasteiger charge is 2.39. The molecule has 22 heavy (non-hydrogen) atoms. The highest BCUT2D eigenvalue weighted by atomic mass is 16.3. The molecule has 1 aromatic rings. The predicted octanol–water partition coefficient (Wildman–Crippen LogP) is 2.32. The van der Waals surface area contributed by atoms with E-state index >= 15 is 0 Å². The minimum absolute atomic E-state index is 0.0149. The summed E-state index contributed by atoms with van der Waals surface area (Å²) in [6.45, 7) is 3.86. The molecule has 2 unspecified atom stereocenters. The minimum atomic E-state index is -0.246. The second kappa shape index (κ2) is 6.92. The summed E-state index contributed by atoms with van der Waals surface area (Å²) in [4.78, 5) is 23.8. The first-order chi connectivity index (χ1) is 10.5. The Morgan fingerprint density at radius 2 is 2.18 bits per heavy atom. The number of aliphatic hydroxyl groups is 1. The lowest BCUT2D eigenvalue weighted by molar-refractivity contribution is -0.115. The zero-order valence-electron chi connectivity index (χ0n) is 13.2. The van der Waals surface area contributed by atoms with E-state index in [1.807, 2.05) is 6.92 Å². The van der Waals surface area contributed by atoms with Gasteiger partial charge >= 0.3 is 0 Å². The van der Waals surface area contributed by atoms with Crippen molar-refractivity contribution < 1.29 is 14.7 Å². The fourth-order valence-corrected chi connectivity index (χ4v) is 2.90. The van der Waals surface area contributed by atoms with Crippen LogP contribution in [0.15, 0.2) is 24.3 Å². The van der Waals surface area contributed by atoms with Gasteiger partial charge in [-0.25, -0.2) is 0 Å². The van der Waals surface area contributed by atoms with E-state index in [-0.39, 0.29) is 29.9 Å². The minimum Gasteiger partial charge on any atom is -0.396 e. The molecule has 2 amide bonds. The van der Waals surface area contributed by atoms with Crippen molar-refractivity contribution >= 4 is 17.5 Å². The molecule has 3 N–H and O–H groups in total. The van der Waals surface area contributed by atoms with Crippen molar-refractivity contribution in [1.29, 1.82) is 0 Å². The van der Waals surface area contributed by atoms with E-state index in [0.29, 0.717) is 17.7 Å². The lowest BCUT2D eigenvalue weighted by atomic mass is 9.85. The fraction of sp³-hybridized carbons (Fsp3) is 0.529. The summed E-state index contributed by atoms with van der Waals surface area (Å²) in [5.74, 6) is -0.250. The molecular formula is C17H24N2O3. The second-order valence-corrected chi connectivity index (χ2v) is 6.21. The van der Waals surface area contributed by atoms with Crippen LogP contribution in [0.3, 0.4) is 0 Å². The summed E-state index contributed by atoms with van der Waals surface area (Å²) in [6.07, 6.45) is 3.21. The van der Waals surface area contributed by atoms with Crippen LogP contribution < -0.4 is 10.6 Å². The summed E-state index contributed by atoms with van der Waals surface area (Å²) in [6, 6.07) is 6.90. The van der Waals surface area contributed by atoms with Crippen molar-refractivity contribution in [2.75, 3.05) is 11.9 Å². The van der Waals surface area contributed by atoms with Crippen LogP contribution >= 0.6 is 0 Å². The van der Waals surface area contributed by atoms with Gasteiger partial charge in [0.15, 0.2) is 0 Å². The molecule has 0 aromatic heterocycles. The molecule has 5 nitrogen and oxygen atoms in total. The SMILES string of the molecule is CCC(=O)Nc1cccc(C(=O)NC2CCCC2(C)CO)c1. The van der Waals surface area contributed by atoms with Crippen molar-refractivity contribution in [3.63, 3.8) is 0 Å². The highest BCUT2D eigenvalue weighted by molar-refractivity contribution is 5.97. The van der Waals surface area contributed by atoms with Crippen LogP contribution in [0.4, 0.5) is 5.69 Å². The number of carbonyl (C=O) groups excluding carboxylic acids is 2. The monoisotopic (exact) mass is 304 g/mol. The molecule has 0 aliphatic heterocycles. The number of hydrogen-bond acceptors (Lipinski definition) is 3. The van der Waals surface area contributed by atoms with Crippen LogP contribution in [-0.2, 0) is 4.79 Å². The molecule has 2 rings (SSSR count). The van der Waals surface area contributed by atoms with Crippen molar-refractivity contribution in [1.82, 2.24) is 5.32 Å². The molecule has 0 heterocycles. The molecule has 0 bridgehead atoms. The lowest BCUT2D eigenvalue weighted by Crippen LogP contribution is -2.44. The van der Waals surface area contributed by atoms with E-state index in [9.17, 15) is 14.7 Å². The van der Waals surface area contributed by atoms with Crippen LogP contribution in [0.25, 0.3) is 0 Å². The van der Waals surface area contributed by atoms with Gasteiger partial charge in [-0.05, 0) is 31.0 Å². The number of amides is 2. The van der Waals surface area contributed by atoms with Gasteiger partial charge in [-0.3, -0.25) is 9.59 Å².